The van der Waals surface area contributed by atoms with Gasteiger partial charge in [0.15, 0.2) is 0 Å². The predicted molar refractivity (Wildman–Crippen MR) is 90.9 cm³/mol. The number of ether oxygens (including phenoxy) is 1. The number of benzene rings is 1. The second kappa shape index (κ2) is 7.12. The third kappa shape index (κ3) is 3.64. The van der Waals surface area contributed by atoms with E-state index in [9.17, 15) is 18.0 Å². The molecule has 0 saturated heterocycles. The van der Waals surface area contributed by atoms with Gasteiger partial charge in [0, 0.05) is 19.7 Å². The molecular weight excluding hydrogens is 352 g/mol. The van der Waals surface area contributed by atoms with Crippen molar-refractivity contribution >= 4 is 38.2 Å². The Morgan fingerprint density at radius 3 is 2.29 bits per heavy atom. The van der Waals surface area contributed by atoms with Crippen LogP contribution in [0.15, 0.2) is 40.6 Å². The molecule has 2 rings (SSSR count). The summed E-state index contributed by atoms with van der Waals surface area (Å²) in [7, 11) is 0.575. The number of rotatable bonds is 5. The van der Waals surface area contributed by atoms with Crippen LogP contribution < -0.4 is 5.32 Å². The summed E-state index contributed by atoms with van der Waals surface area (Å²) in [6.07, 6.45) is 0. The van der Waals surface area contributed by atoms with Crippen molar-refractivity contribution in [2.24, 2.45) is 0 Å². The molecule has 0 saturated carbocycles. The number of hydrogen-bond acceptors (Lipinski definition) is 6. The predicted octanol–water partition coefficient (Wildman–Crippen LogP) is 2.04. The SMILES string of the molecule is COC(=O)c1ccsc1NC(=O)c1ccc(S(=O)(=O)N(C)C)cc1. The van der Waals surface area contributed by atoms with E-state index in [4.69, 9.17) is 0 Å². The molecule has 24 heavy (non-hydrogen) atoms. The summed E-state index contributed by atoms with van der Waals surface area (Å²) in [5.74, 6) is -0.990. The first-order valence-corrected chi connectivity index (χ1v) is 9.09. The molecule has 1 N–H and O–H groups in total. The van der Waals surface area contributed by atoms with E-state index in [-0.39, 0.29) is 16.0 Å². The van der Waals surface area contributed by atoms with Crippen molar-refractivity contribution in [3.05, 3.63) is 46.8 Å². The Morgan fingerprint density at radius 1 is 1.12 bits per heavy atom. The van der Waals surface area contributed by atoms with Gasteiger partial charge < -0.3 is 10.1 Å². The second-order valence-electron chi connectivity index (χ2n) is 4.92. The van der Waals surface area contributed by atoms with Gasteiger partial charge in [-0.05, 0) is 35.7 Å². The number of hydrogen-bond donors (Lipinski definition) is 1. The Morgan fingerprint density at radius 2 is 1.75 bits per heavy atom. The number of anilines is 1. The minimum Gasteiger partial charge on any atom is -0.465 e. The van der Waals surface area contributed by atoms with E-state index in [1.54, 1.807) is 11.4 Å². The third-order valence-corrected chi connectivity index (χ3v) is 5.85. The number of nitrogens with zero attached hydrogens (tertiary/aromatic N) is 1. The van der Waals surface area contributed by atoms with Gasteiger partial charge in [-0.1, -0.05) is 0 Å². The van der Waals surface area contributed by atoms with Gasteiger partial charge in [-0.25, -0.2) is 17.5 Å². The highest BCUT2D eigenvalue weighted by Crippen LogP contribution is 2.25. The zero-order chi connectivity index (χ0) is 17.9. The zero-order valence-corrected chi connectivity index (χ0v) is 14.9. The Labute approximate surface area is 143 Å². The van der Waals surface area contributed by atoms with E-state index in [1.165, 1.54) is 56.8 Å². The van der Waals surface area contributed by atoms with Crippen LogP contribution in [-0.4, -0.2) is 45.8 Å². The van der Waals surface area contributed by atoms with Gasteiger partial charge in [-0.15, -0.1) is 11.3 Å². The number of sulfonamides is 1. The molecule has 0 atom stereocenters. The van der Waals surface area contributed by atoms with Crippen molar-refractivity contribution in [2.45, 2.75) is 4.90 Å². The van der Waals surface area contributed by atoms with Crippen molar-refractivity contribution in [1.29, 1.82) is 0 Å². The third-order valence-electron chi connectivity index (χ3n) is 3.19. The number of methoxy groups -OCH3 is 1. The van der Waals surface area contributed by atoms with Crippen LogP contribution in [-0.2, 0) is 14.8 Å². The molecule has 1 aromatic carbocycles. The zero-order valence-electron chi connectivity index (χ0n) is 13.3. The van der Waals surface area contributed by atoms with Crippen LogP contribution in [0.25, 0.3) is 0 Å². The fourth-order valence-corrected chi connectivity index (χ4v) is 3.51. The van der Waals surface area contributed by atoms with E-state index in [0.29, 0.717) is 5.00 Å². The van der Waals surface area contributed by atoms with Crippen molar-refractivity contribution in [3.63, 3.8) is 0 Å². The highest BCUT2D eigenvalue weighted by molar-refractivity contribution is 7.89. The minimum atomic E-state index is -3.55. The van der Waals surface area contributed by atoms with Crippen LogP contribution in [0.5, 0.6) is 0 Å². The van der Waals surface area contributed by atoms with Crippen LogP contribution in [0, 0.1) is 0 Å². The summed E-state index contributed by atoms with van der Waals surface area (Å²) < 4.78 is 29.7. The van der Waals surface area contributed by atoms with Crippen LogP contribution in [0.4, 0.5) is 5.00 Å². The first-order valence-electron chi connectivity index (χ1n) is 6.77. The summed E-state index contributed by atoms with van der Waals surface area (Å²) in [6, 6.07) is 7.10. The average molecular weight is 368 g/mol. The lowest BCUT2D eigenvalue weighted by Gasteiger charge is -2.11. The van der Waals surface area contributed by atoms with Gasteiger partial charge in [0.1, 0.15) is 5.00 Å². The Hall–Kier alpha value is -2.23. The number of thiophene rings is 1. The highest BCUT2D eigenvalue weighted by atomic mass is 32.2. The van der Waals surface area contributed by atoms with E-state index in [1.807, 2.05) is 0 Å². The molecule has 1 heterocycles. The molecule has 0 bridgehead atoms. The van der Waals surface area contributed by atoms with E-state index < -0.39 is 21.9 Å². The summed E-state index contributed by atoms with van der Waals surface area (Å²) in [5, 5.41) is 4.66. The molecule has 0 fully saturated rings. The number of carbonyl (C=O) groups is 2. The van der Waals surface area contributed by atoms with Crippen molar-refractivity contribution in [3.8, 4) is 0 Å². The van der Waals surface area contributed by atoms with E-state index >= 15 is 0 Å². The molecule has 7 nitrogen and oxygen atoms in total. The number of esters is 1. The quantitative estimate of drug-likeness (QED) is 0.815. The Bertz CT molecular complexity index is 854. The maximum absolute atomic E-state index is 12.3. The van der Waals surface area contributed by atoms with Gasteiger partial charge in [-0.3, -0.25) is 4.79 Å². The van der Waals surface area contributed by atoms with Crippen molar-refractivity contribution < 1.29 is 22.7 Å². The molecule has 1 amide bonds. The van der Waals surface area contributed by atoms with Crippen molar-refractivity contribution in [2.75, 3.05) is 26.5 Å². The van der Waals surface area contributed by atoms with Crippen LogP contribution in [0.3, 0.4) is 0 Å². The fourth-order valence-electron chi connectivity index (χ4n) is 1.84. The monoisotopic (exact) mass is 368 g/mol. The molecule has 0 aliphatic rings. The van der Waals surface area contributed by atoms with Gasteiger partial charge in [0.25, 0.3) is 5.91 Å². The summed E-state index contributed by atoms with van der Waals surface area (Å²) in [4.78, 5) is 23.9. The highest BCUT2D eigenvalue weighted by Gasteiger charge is 2.19. The van der Waals surface area contributed by atoms with Crippen molar-refractivity contribution in [1.82, 2.24) is 4.31 Å². The Balaban J connectivity index is 2.20. The average Bonchev–Trinajstić information content (AvgIpc) is 3.02. The molecule has 0 spiro atoms. The smallest absolute Gasteiger partial charge is 0.340 e. The Kier molecular flexibility index (Phi) is 5.37. The van der Waals surface area contributed by atoms with Gasteiger partial charge in [-0.2, -0.15) is 0 Å². The normalized spacial score (nSPS) is 11.3. The second-order valence-corrected chi connectivity index (χ2v) is 7.99. The van der Waals surface area contributed by atoms with Crippen LogP contribution in [0.2, 0.25) is 0 Å². The molecule has 128 valence electrons. The van der Waals surface area contributed by atoms with Gasteiger partial charge in [0.2, 0.25) is 10.0 Å². The van der Waals surface area contributed by atoms with E-state index in [2.05, 4.69) is 10.1 Å². The molecule has 2 aromatic rings. The fraction of sp³-hybridized carbons (Fsp3) is 0.200. The maximum atomic E-state index is 12.3. The lowest BCUT2D eigenvalue weighted by atomic mass is 10.2. The summed E-state index contributed by atoms with van der Waals surface area (Å²) >= 11 is 1.19. The molecule has 0 aliphatic carbocycles. The first kappa shape index (κ1) is 18.1. The molecule has 0 aliphatic heterocycles. The van der Waals surface area contributed by atoms with Gasteiger partial charge in [0.05, 0.1) is 17.6 Å². The van der Waals surface area contributed by atoms with Crippen LogP contribution in [0.1, 0.15) is 20.7 Å². The van der Waals surface area contributed by atoms with Gasteiger partial charge >= 0.3 is 5.97 Å². The van der Waals surface area contributed by atoms with Crippen LogP contribution >= 0.6 is 11.3 Å². The minimum absolute atomic E-state index is 0.0930. The standard InChI is InChI=1S/C15H16N2O5S2/c1-17(2)24(20,21)11-6-4-10(5-7-11)13(18)16-14-12(8-9-23-14)15(19)22-3/h4-9H,1-3H3,(H,16,18). The van der Waals surface area contributed by atoms with E-state index in [0.717, 1.165) is 4.31 Å². The molecular formula is C15H16N2O5S2. The molecule has 1 aromatic heterocycles. The molecule has 9 heteroatoms. The maximum Gasteiger partial charge on any atom is 0.340 e. The number of amides is 1. The summed E-state index contributed by atoms with van der Waals surface area (Å²) in [6.45, 7) is 0. The molecule has 0 unspecified atom stereocenters. The lowest BCUT2D eigenvalue weighted by Crippen LogP contribution is -2.22. The number of nitrogens with one attached hydrogen (secondary N) is 1. The lowest BCUT2D eigenvalue weighted by molar-refractivity contribution is 0.0602. The first-order chi connectivity index (χ1) is 11.3. The number of carbonyl (C=O) groups excluding carboxylic acids is 2. The largest absolute Gasteiger partial charge is 0.465 e. The topological polar surface area (TPSA) is 92.8 Å². The summed E-state index contributed by atoms with van der Waals surface area (Å²) in [5.41, 5.74) is 0.541. The molecule has 0 radical (unpaired) electrons.